The summed E-state index contributed by atoms with van der Waals surface area (Å²) in [4.78, 5) is 14.7. The van der Waals surface area contributed by atoms with Gasteiger partial charge in [0.2, 0.25) is 15.9 Å². The average molecular weight is 502 g/mol. The van der Waals surface area contributed by atoms with Gasteiger partial charge in [-0.3, -0.25) is 4.79 Å². The molecule has 10 heteroatoms. The molecule has 2 saturated carbocycles. The molecular weight excluding hydrogens is 467 g/mol. The standard InChI is InChI=1S/C24H34F3N3O3S/c1-15(2)11-21(28-3)23(31)29-13-16-7-10-22(20(16)14-29)30(18-8-9-18)34(32,33)19-6-4-5-17(12-19)24(25,26)27/h4-6,12,15-16,18,20-22,28H,7-11,13-14H2,1-3H3/t16-,20+,21-,22-/m0/s1. The van der Waals surface area contributed by atoms with Gasteiger partial charge >= 0.3 is 6.18 Å². The van der Waals surface area contributed by atoms with Crippen molar-refractivity contribution in [1.82, 2.24) is 14.5 Å². The normalized spacial score (nSPS) is 26.4. The third-order valence-electron chi connectivity index (χ3n) is 7.45. The topological polar surface area (TPSA) is 69.7 Å². The van der Waals surface area contributed by atoms with Gasteiger partial charge in [-0.05, 0) is 75.1 Å². The Labute approximate surface area is 199 Å². The molecule has 4 rings (SSSR count). The third-order valence-corrected chi connectivity index (χ3v) is 9.43. The van der Waals surface area contributed by atoms with Crippen LogP contribution < -0.4 is 5.32 Å². The van der Waals surface area contributed by atoms with E-state index in [1.165, 1.54) is 10.4 Å². The van der Waals surface area contributed by atoms with E-state index in [2.05, 4.69) is 19.2 Å². The molecule has 34 heavy (non-hydrogen) atoms. The van der Waals surface area contributed by atoms with Crippen molar-refractivity contribution in [3.63, 3.8) is 0 Å². The molecule has 0 spiro atoms. The molecule has 0 aromatic heterocycles. The van der Waals surface area contributed by atoms with Crippen molar-refractivity contribution in [3.8, 4) is 0 Å². The molecule has 1 aliphatic heterocycles. The molecule has 1 N–H and O–H groups in total. The first-order valence-electron chi connectivity index (χ1n) is 12.1. The zero-order chi connectivity index (χ0) is 24.8. The number of likely N-dealkylation sites (N-methyl/N-ethyl adjacent to an activating group) is 1. The summed E-state index contributed by atoms with van der Waals surface area (Å²) in [5, 5.41) is 3.11. The van der Waals surface area contributed by atoms with Crippen molar-refractivity contribution >= 4 is 15.9 Å². The highest BCUT2D eigenvalue weighted by Crippen LogP contribution is 2.46. The number of likely N-dealkylation sites (tertiary alicyclic amines) is 1. The van der Waals surface area contributed by atoms with Crippen LogP contribution in [0.1, 0.15) is 51.5 Å². The Hall–Kier alpha value is -1.65. The molecule has 2 aliphatic carbocycles. The fourth-order valence-electron chi connectivity index (χ4n) is 5.70. The summed E-state index contributed by atoms with van der Waals surface area (Å²) < 4.78 is 68.5. The highest BCUT2D eigenvalue weighted by molar-refractivity contribution is 7.89. The quantitative estimate of drug-likeness (QED) is 0.590. The van der Waals surface area contributed by atoms with Crippen LogP contribution in [-0.2, 0) is 21.0 Å². The number of carbonyl (C=O) groups excluding carboxylic acids is 1. The second-order valence-corrected chi connectivity index (χ2v) is 12.2. The lowest BCUT2D eigenvalue weighted by atomic mass is 9.98. The Kier molecular flexibility index (Phi) is 7.05. The van der Waals surface area contributed by atoms with E-state index in [-0.39, 0.29) is 40.8 Å². The number of nitrogens with one attached hydrogen (secondary N) is 1. The summed E-state index contributed by atoms with van der Waals surface area (Å²) in [7, 11) is -2.32. The summed E-state index contributed by atoms with van der Waals surface area (Å²) in [5.41, 5.74) is -0.963. The highest BCUT2D eigenvalue weighted by atomic mass is 32.2. The summed E-state index contributed by atoms with van der Waals surface area (Å²) >= 11 is 0. The van der Waals surface area contributed by atoms with Gasteiger partial charge in [0.25, 0.3) is 0 Å². The van der Waals surface area contributed by atoms with E-state index in [0.717, 1.165) is 31.0 Å². The second-order valence-electron chi connectivity index (χ2n) is 10.4. The highest BCUT2D eigenvalue weighted by Gasteiger charge is 2.53. The number of hydrogen-bond donors (Lipinski definition) is 1. The van der Waals surface area contributed by atoms with Gasteiger partial charge in [-0.2, -0.15) is 17.5 Å². The number of rotatable bonds is 8. The summed E-state index contributed by atoms with van der Waals surface area (Å²) in [6.07, 6.45) is -0.971. The molecule has 4 atom stereocenters. The van der Waals surface area contributed by atoms with Gasteiger partial charge in [0.05, 0.1) is 16.5 Å². The molecule has 0 radical (unpaired) electrons. The van der Waals surface area contributed by atoms with E-state index in [9.17, 15) is 26.4 Å². The first-order chi connectivity index (χ1) is 15.9. The Morgan fingerprint density at radius 2 is 1.88 bits per heavy atom. The molecule has 6 nitrogen and oxygen atoms in total. The van der Waals surface area contributed by atoms with Crippen LogP contribution in [0.25, 0.3) is 0 Å². The first kappa shape index (κ1) is 25.4. The monoisotopic (exact) mass is 501 g/mol. The molecule has 1 aromatic carbocycles. The number of alkyl halides is 3. The molecule has 3 fully saturated rings. The van der Waals surface area contributed by atoms with Crippen molar-refractivity contribution in [2.45, 2.75) is 75.1 Å². The summed E-state index contributed by atoms with van der Waals surface area (Å²) in [6.45, 7) is 5.24. The SMILES string of the molecule is CN[C@@H](CC(C)C)C(=O)N1C[C@@H]2CC[C@H](N(C3CC3)S(=O)(=O)c3cccc(C(F)(F)F)c3)[C@@H]2C1. The number of carbonyl (C=O) groups is 1. The number of fused-ring (bicyclic) bond motifs is 1. The molecule has 190 valence electrons. The third kappa shape index (κ3) is 4.99. The largest absolute Gasteiger partial charge is 0.416 e. The molecule has 1 heterocycles. The van der Waals surface area contributed by atoms with E-state index in [0.29, 0.717) is 38.3 Å². The fourth-order valence-corrected chi connectivity index (χ4v) is 7.69. The maximum absolute atomic E-state index is 13.6. The second kappa shape index (κ2) is 9.43. The van der Waals surface area contributed by atoms with Gasteiger partial charge in [-0.15, -0.1) is 0 Å². The zero-order valence-electron chi connectivity index (χ0n) is 19.9. The van der Waals surface area contributed by atoms with Crippen molar-refractivity contribution < 1.29 is 26.4 Å². The average Bonchev–Trinajstić information content (AvgIpc) is 3.38. The molecule has 1 saturated heterocycles. The summed E-state index contributed by atoms with van der Waals surface area (Å²) in [6, 6.07) is 3.28. The molecule has 0 unspecified atom stereocenters. The van der Waals surface area contributed by atoms with Gasteiger partial charge in [-0.1, -0.05) is 19.9 Å². The number of sulfonamides is 1. The zero-order valence-corrected chi connectivity index (χ0v) is 20.7. The maximum atomic E-state index is 13.6. The summed E-state index contributed by atoms with van der Waals surface area (Å²) in [5.74, 6) is 0.618. The van der Waals surface area contributed by atoms with Crippen LogP contribution >= 0.6 is 0 Å². The van der Waals surface area contributed by atoms with E-state index < -0.39 is 21.8 Å². The lowest BCUT2D eigenvalue weighted by Gasteiger charge is -2.33. The minimum Gasteiger partial charge on any atom is -0.341 e. The van der Waals surface area contributed by atoms with Crippen LogP contribution in [0.15, 0.2) is 29.2 Å². The number of benzene rings is 1. The van der Waals surface area contributed by atoms with E-state index in [1.807, 2.05) is 4.90 Å². The Morgan fingerprint density at radius 1 is 1.18 bits per heavy atom. The van der Waals surface area contributed by atoms with Crippen LogP contribution in [0.3, 0.4) is 0 Å². The van der Waals surface area contributed by atoms with Crippen molar-refractivity contribution in [3.05, 3.63) is 29.8 Å². The van der Waals surface area contributed by atoms with Crippen molar-refractivity contribution in [2.24, 2.45) is 17.8 Å². The fraction of sp³-hybridized carbons (Fsp3) is 0.708. The number of halogens is 3. The molecule has 3 aliphatic rings. The molecule has 1 aromatic rings. The van der Waals surface area contributed by atoms with Crippen LogP contribution in [0, 0.1) is 17.8 Å². The van der Waals surface area contributed by atoms with Gasteiger partial charge < -0.3 is 10.2 Å². The van der Waals surface area contributed by atoms with Crippen molar-refractivity contribution in [1.29, 1.82) is 0 Å². The van der Waals surface area contributed by atoms with E-state index in [4.69, 9.17) is 0 Å². The predicted octanol–water partition coefficient (Wildman–Crippen LogP) is 3.73. The Bertz CT molecular complexity index is 1010. The minimum absolute atomic E-state index is 0.00156. The number of nitrogens with zero attached hydrogens (tertiary/aromatic N) is 2. The van der Waals surface area contributed by atoms with Gasteiger partial charge in [0.1, 0.15) is 0 Å². The van der Waals surface area contributed by atoms with Gasteiger partial charge in [0, 0.05) is 25.2 Å². The van der Waals surface area contributed by atoms with Crippen LogP contribution in [0.2, 0.25) is 0 Å². The minimum atomic E-state index is -4.61. The van der Waals surface area contributed by atoms with Crippen LogP contribution in [0.5, 0.6) is 0 Å². The van der Waals surface area contributed by atoms with Crippen LogP contribution in [-0.4, -0.2) is 61.8 Å². The van der Waals surface area contributed by atoms with Crippen LogP contribution in [0.4, 0.5) is 13.2 Å². The Balaban J connectivity index is 1.57. The van der Waals surface area contributed by atoms with E-state index in [1.54, 1.807) is 7.05 Å². The van der Waals surface area contributed by atoms with E-state index >= 15 is 0 Å². The molecule has 1 amide bonds. The number of hydrogen-bond acceptors (Lipinski definition) is 4. The van der Waals surface area contributed by atoms with Crippen molar-refractivity contribution in [2.75, 3.05) is 20.1 Å². The number of amides is 1. The predicted molar refractivity (Wildman–Crippen MR) is 122 cm³/mol. The first-order valence-corrected chi connectivity index (χ1v) is 13.5. The van der Waals surface area contributed by atoms with Gasteiger partial charge in [-0.25, -0.2) is 8.42 Å². The Morgan fingerprint density at radius 3 is 2.47 bits per heavy atom. The molecular formula is C24H34F3N3O3S. The smallest absolute Gasteiger partial charge is 0.341 e. The lowest BCUT2D eigenvalue weighted by molar-refractivity contribution is -0.137. The maximum Gasteiger partial charge on any atom is 0.416 e. The van der Waals surface area contributed by atoms with Gasteiger partial charge in [0.15, 0.2) is 0 Å². The molecule has 0 bridgehead atoms. The lowest BCUT2D eigenvalue weighted by Crippen LogP contribution is -2.48.